The Morgan fingerprint density at radius 1 is 1.59 bits per heavy atom. The van der Waals surface area contributed by atoms with Crippen molar-refractivity contribution in [2.45, 2.75) is 37.8 Å². The highest BCUT2D eigenvalue weighted by Gasteiger charge is 2.50. The van der Waals surface area contributed by atoms with E-state index in [0.717, 1.165) is 13.0 Å². The molecule has 0 amide bonds. The van der Waals surface area contributed by atoms with Crippen LogP contribution in [0.5, 0.6) is 0 Å². The summed E-state index contributed by atoms with van der Waals surface area (Å²) in [4.78, 5) is 10.8. The molecule has 98 valence electrons. The summed E-state index contributed by atoms with van der Waals surface area (Å²) in [5.41, 5.74) is 0. The van der Waals surface area contributed by atoms with Gasteiger partial charge in [0.15, 0.2) is 0 Å². The average molecular weight is 249 g/mol. The molecule has 0 radical (unpaired) electrons. The number of alkyl halides is 2. The molecule has 6 heteroatoms. The third-order valence-corrected chi connectivity index (χ3v) is 3.40. The Morgan fingerprint density at radius 3 is 2.88 bits per heavy atom. The van der Waals surface area contributed by atoms with Gasteiger partial charge in [0.1, 0.15) is 6.10 Å². The second-order valence-electron chi connectivity index (χ2n) is 4.76. The zero-order valence-corrected chi connectivity index (χ0v) is 9.75. The number of nitrogens with one attached hydrogen (secondary N) is 1. The first-order valence-corrected chi connectivity index (χ1v) is 5.89. The van der Waals surface area contributed by atoms with Gasteiger partial charge in [-0.2, -0.15) is 8.78 Å². The predicted octanol–water partition coefficient (Wildman–Crippen LogP) is 0.952. The number of cyclic esters (lactones) is 1. The van der Waals surface area contributed by atoms with Crippen LogP contribution in [-0.4, -0.2) is 43.8 Å². The monoisotopic (exact) mass is 249 g/mol. The number of halogens is 2. The molecule has 0 aromatic carbocycles. The van der Waals surface area contributed by atoms with Crippen molar-refractivity contribution in [3.8, 4) is 0 Å². The van der Waals surface area contributed by atoms with Crippen LogP contribution in [-0.2, 0) is 14.3 Å². The molecule has 4 nitrogen and oxygen atoms in total. The molecule has 2 rings (SSSR count). The van der Waals surface area contributed by atoms with E-state index in [2.05, 4.69) is 10.1 Å². The second kappa shape index (κ2) is 4.86. The average Bonchev–Trinajstić information content (AvgIpc) is 2.85. The largest absolute Gasteiger partial charge is 0.456 e. The molecule has 3 unspecified atom stereocenters. The zero-order valence-electron chi connectivity index (χ0n) is 9.75. The maximum absolute atomic E-state index is 12.9. The molecule has 2 aliphatic rings. The number of carbonyl (C=O) groups is 1. The van der Waals surface area contributed by atoms with E-state index >= 15 is 0 Å². The van der Waals surface area contributed by atoms with Crippen LogP contribution in [0.1, 0.15) is 19.8 Å². The van der Waals surface area contributed by atoms with Gasteiger partial charge in [0.25, 0.3) is 0 Å². The predicted molar refractivity (Wildman–Crippen MR) is 55.8 cm³/mol. The van der Waals surface area contributed by atoms with Gasteiger partial charge in [0, 0.05) is 19.2 Å². The third-order valence-electron chi connectivity index (χ3n) is 3.40. The summed E-state index contributed by atoms with van der Waals surface area (Å²) in [6, 6.07) is 0.186. The molecule has 2 heterocycles. The molecule has 3 atom stereocenters. The highest BCUT2D eigenvalue weighted by atomic mass is 19.3. The van der Waals surface area contributed by atoms with Crippen molar-refractivity contribution in [3.63, 3.8) is 0 Å². The molecule has 0 bridgehead atoms. The number of carbonyl (C=O) groups excluding carboxylic acids is 1. The minimum Gasteiger partial charge on any atom is -0.456 e. The Kier molecular flexibility index (Phi) is 3.63. The zero-order chi connectivity index (χ0) is 12.5. The molecule has 0 saturated carbocycles. The van der Waals surface area contributed by atoms with Crippen molar-refractivity contribution in [1.29, 1.82) is 0 Å². The summed E-state index contributed by atoms with van der Waals surface area (Å²) in [7, 11) is 0. The highest BCUT2D eigenvalue weighted by Crippen LogP contribution is 2.30. The van der Waals surface area contributed by atoms with E-state index in [9.17, 15) is 13.6 Å². The van der Waals surface area contributed by atoms with E-state index in [0.29, 0.717) is 12.5 Å². The second-order valence-corrected chi connectivity index (χ2v) is 4.76. The van der Waals surface area contributed by atoms with Gasteiger partial charge in [-0.3, -0.25) is 0 Å². The quantitative estimate of drug-likeness (QED) is 0.754. The van der Waals surface area contributed by atoms with Crippen LogP contribution < -0.4 is 5.32 Å². The van der Waals surface area contributed by atoms with Crippen molar-refractivity contribution < 1.29 is 23.0 Å². The van der Waals surface area contributed by atoms with Crippen molar-refractivity contribution in [1.82, 2.24) is 5.32 Å². The van der Waals surface area contributed by atoms with Crippen LogP contribution >= 0.6 is 0 Å². The van der Waals surface area contributed by atoms with Gasteiger partial charge in [0.2, 0.25) is 0 Å². The molecule has 0 aliphatic carbocycles. The van der Waals surface area contributed by atoms with Gasteiger partial charge in [-0.05, 0) is 19.3 Å². The van der Waals surface area contributed by atoms with Crippen LogP contribution in [0.2, 0.25) is 0 Å². The Balaban J connectivity index is 1.74. The number of ether oxygens (including phenoxy) is 2. The van der Waals surface area contributed by atoms with E-state index in [1.165, 1.54) is 0 Å². The van der Waals surface area contributed by atoms with Crippen LogP contribution in [0.15, 0.2) is 0 Å². The van der Waals surface area contributed by atoms with Gasteiger partial charge in [-0.25, -0.2) is 4.79 Å². The third kappa shape index (κ3) is 2.93. The molecule has 2 aliphatic heterocycles. The van der Waals surface area contributed by atoms with E-state index in [1.54, 1.807) is 0 Å². The van der Waals surface area contributed by atoms with Crippen LogP contribution in [0.4, 0.5) is 8.78 Å². The lowest BCUT2D eigenvalue weighted by Crippen LogP contribution is -2.38. The molecule has 0 aromatic heterocycles. The van der Waals surface area contributed by atoms with Crippen molar-refractivity contribution >= 4 is 5.97 Å². The fourth-order valence-corrected chi connectivity index (χ4v) is 2.19. The van der Waals surface area contributed by atoms with Crippen LogP contribution in [0.3, 0.4) is 0 Å². The van der Waals surface area contributed by atoms with Gasteiger partial charge in [-0.1, -0.05) is 0 Å². The Labute approximate surface area is 98.6 Å². The summed E-state index contributed by atoms with van der Waals surface area (Å²) >= 11 is 0. The SMILES string of the molecule is CC(NCC1CC(F)(F)C(=O)O1)C1CCOC1. The first kappa shape index (κ1) is 12.7. The number of rotatable bonds is 4. The number of hydrogen-bond donors (Lipinski definition) is 1. The first-order chi connectivity index (χ1) is 7.99. The fraction of sp³-hybridized carbons (Fsp3) is 0.909. The molecule has 0 spiro atoms. The van der Waals surface area contributed by atoms with Gasteiger partial charge >= 0.3 is 11.9 Å². The highest BCUT2D eigenvalue weighted by molar-refractivity contribution is 5.79. The van der Waals surface area contributed by atoms with E-state index in [-0.39, 0.29) is 12.6 Å². The summed E-state index contributed by atoms with van der Waals surface area (Å²) in [5.74, 6) is -4.31. The molecular weight excluding hydrogens is 232 g/mol. The summed E-state index contributed by atoms with van der Waals surface area (Å²) in [6.45, 7) is 3.73. The minimum atomic E-state index is -3.31. The lowest BCUT2D eigenvalue weighted by Gasteiger charge is -2.20. The Morgan fingerprint density at radius 2 is 2.35 bits per heavy atom. The molecule has 0 aromatic rings. The van der Waals surface area contributed by atoms with E-state index < -0.39 is 24.4 Å². The Bertz CT molecular complexity index is 292. The number of hydrogen-bond acceptors (Lipinski definition) is 4. The molecule has 2 saturated heterocycles. The molecule has 17 heavy (non-hydrogen) atoms. The van der Waals surface area contributed by atoms with E-state index in [1.807, 2.05) is 6.92 Å². The smallest absolute Gasteiger partial charge is 0.377 e. The van der Waals surface area contributed by atoms with Crippen molar-refractivity contribution in [2.75, 3.05) is 19.8 Å². The summed E-state index contributed by atoms with van der Waals surface area (Å²) < 4.78 is 35.6. The van der Waals surface area contributed by atoms with Gasteiger partial charge in [-0.15, -0.1) is 0 Å². The van der Waals surface area contributed by atoms with Crippen LogP contribution in [0.25, 0.3) is 0 Å². The van der Waals surface area contributed by atoms with E-state index in [4.69, 9.17) is 4.74 Å². The maximum Gasteiger partial charge on any atom is 0.377 e. The fourth-order valence-electron chi connectivity index (χ4n) is 2.19. The molecule has 2 fully saturated rings. The minimum absolute atomic E-state index is 0.186. The summed E-state index contributed by atoms with van der Waals surface area (Å²) in [5, 5.41) is 3.13. The molecule has 1 N–H and O–H groups in total. The number of esters is 1. The van der Waals surface area contributed by atoms with Crippen molar-refractivity contribution in [3.05, 3.63) is 0 Å². The topological polar surface area (TPSA) is 47.6 Å². The lowest BCUT2D eigenvalue weighted by molar-refractivity contribution is -0.159. The normalized spacial score (nSPS) is 33.7. The van der Waals surface area contributed by atoms with Gasteiger partial charge in [0.05, 0.1) is 13.0 Å². The lowest BCUT2D eigenvalue weighted by atomic mass is 10.0. The standard InChI is InChI=1S/C11H17F2NO3/c1-7(8-2-3-16-6-8)14-5-9-4-11(12,13)10(15)17-9/h7-9,14H,2-6H2,1H3. The Hall–Kier alpha value is -0.750. The maximum atomic E-state index is 12.9. The van der Waals surface area contributed by atoms with Gasteiger partial charge < -0.3 is 14.8 Å². The van der Waals surface area contributed by atoms with Crippen molar-refractivity contribution in [2.24, 2.45) is 5.92 Å². The summed E-state index contributed by atoms with van der Waals surface area (Å²) in [6.07, 6.45) is -0.260. The van der Waals surface area contributed by atoms with Crippen LogP contribution in [0, 0.1) is 5.92 Å². The molecular formula is C11H17F2NO3. The first-order valence-electron chi connectivity index (χ1n) is 5.89.